The van der Waals surface area contributed by atoms with Crippen molar-refractivity contribution in [3.8, 4) is 5.75 Å². The van der Waals surface area contributed by atoms with Gasteiger partial charge in [-0.3, -0.25) is 19.2 Å². The molecule has 0 saturated carbocycles. The van der Waals surface area contributed by atoms with Gasteiger partial charge in [-0.25, -0.2) is 0 Å². The Balaban J connectivity index is 2.29. The maximum Gasteiger partial charge on any atom is 0.267 e. The predicted octanol–water partition coefficient (Wildman–Crippen LogP) is -1.37. The molecular weight excluding hydrogens is 402 g/mol. The summed E-state index contributed by atoms with van der Waals surface area (Å²) in [5.41, 5.74) is 3.56. The van der Waals surface area contributed by atoms with Crippen LogP contribution >= 0.6 is 0 Å². The fourth-order valence-electron chi connectivity index (χ4n) is 3.05. The van der Waals surface area contributed by atoms with Crippen molar-refractivity contribution in [1.29, 1.82) is 0 Å². The van der Waals surface area contributed by atoms with Crippen LogP contribution in [0.2, 0.25) is 0 Å². The number of hydrogen-bond donors (Lipinski definition) is 6. The first-order chi connectivity index (χ1) is 14.9. The summed E-state index contributed by atoms with van der Waals surface area (Å²) in [6.45, 7) is 6.51. The van der Waals surface area contributed by atoms with Gasteiger partial charge in [0.15, 0.2) is 5.75 Å². The fourth-order valence-corrected chi connectivity index (χ4v) is 3.05. The molecule has 10 heteroatoms. The number of amides is 2. The van der Waals surface area contributed by atoms with Crippen molar-refractivity contribution in [2.45, 2.75) is 57.9 Å². The van der Waals surface area contributed by atoms with E-state index in [2.05, 4.69) is 21.3 Å². The lowest BCUT2D eigenvalue weighted by molar-refractivity contribution is -0.129. The third kappa shape index (κ3) is 10.0. The van der Waals surface area contributed by atoms with Crippen LogP contribution in [0, 0.1) is 0 Å². The Labute approximate surface area is 183 Å². The van der Waals surface area contributed by atoms with Gasteiger partial charge < -0.3 is 32.1 Å². The lowest BCUT2D eigenvalue weighted by atomic mass is 9.99. The molecule has 10 nitrogen and oxygen atoms in total. The van der Waals surface area contributed by atoms with Crippen LogP contribution in [0.4, 0.5) is 0 Å². The molecule has 31 heavy (non-hydrogen) atoms. The number of rotatable bonds is 18. The Kier molecular flexibility index (Phi) is 13.4. The number of carbonyl (C=O) groups is 2. The summed E-state index contributed by atoms with van der Waals surface area (Å²) in [6, 6.07) is -1.01. The summed E-state index contributed by atoms with van der Waals surface area (Å²) in [5.74, 6) is -1.38. The average Bonchev–Trinajstić information content (AvgIpc) is 2.76. The minimum atomic E-state index is -1.01. The Bertz CT molecular complexity index is 745. The van der Waals surface area contributed by atoms with Crippen molar-refractivity contribution >= 4 is 11.8 Å². The molecule has 0 spiro atoms. The Morgan fingerprint density at radius 3 is 2.13 bits per heavy atom. The lowest BCUT2D eigenvalue weighted by Crippen LogP contribution is -2.50. The summed E-state index contributed by atoms with van der Waals surface area (Å²) in [6.07, 6.45) is 4.49. The molecule has 0 saturated heterocycles. The van der Waals surface area contributed by atoms with Gasteiger partial charge in [0, 0.05) is 19.4 Å². The molecule has 0 bridgehead atoms. The maximum atomic E-state index is 12.5. The molecule has 0 fully saturated rings. The maximum absolute atomic E-state index is 12.5. The van der Waals surface area contributed by atoms with E-state index in [1.807, 2.05) is 6.92 Å². The van der Waals surface area contributed by atoms with Crippen molar-refractivity contribution in [1.82, 2.24) is 21.3 Å². The highest BCUT2D eigenvalue weighted by Gasteiger charge is 2.28. The van der Waals surface area contributed by atoms with Gasteiger partial charge in [0.05, 0.1) is 5.56 Å². The van der Waals surface area contributed by atoms with Gasteiger partial charge in [-0.15, -0.1) is 0 Å². The average molecular weight is 440 g/mol. The van der Waals surface area contributed by atoms with E-state index >= 15 is 0 Å². The Morgan fingerprint density at radius 1 is 0.935 bits per heavy atom. The molecule has 176 valence electrons. The predicted molar refractivity (Wildman–Crippen MR) is 120 cm³/mol. The zero-order valence-electron chi connectivity index (χ0n) is 18.4. The van der Waals surface area contributed by atoms with Crippen LogP contribution in [0.15, 0.2) is 9.59 Å². The van der Waals surface area contributed by atoms with Gasteiger partial charge in [0.1, 0.15) is 6.04 Å². The summed E-state index contributed by atoms with van der Waals surface area (Å²) in [4.78, 5) is 47.2. The largest absolute Gasteiger partial charge is 0.504 e. The van der Waals surface area contributed by atoms with Gasteiger partial charge in [0.25, 0.3) is 5.43 Å². The van der Waals surface area contributed by atoms with Gasteiger partial charge >= 0.3 is 0 Å². The van der Waals surface area contributed by atoms with Gasteiger partial charge in [-0.05, 0) is 64.8 Å². The molecule has 1 aromatic carbocycles. The minimum absolute atomic E-state index is 0.110. The number of aromatic hydroxyl groups is 1. The second-order valence-corrected chi connectivity index (χ2v) is 7.55. The summed E-state index contributed by atoms with van der Waals surface area (Å²) in [5, 5.41) is 21.5. The second kappa shape index (κ2) is 15.5. The normalized spacial score (nSPS) is 12.1. The zero-order chi connectivity index (χ0) is 23.1. The van der Waals surface area contributed by atoms with Crippen molar-refractivity contribution < 1.29 is 14.7 Å². The fraction of sp³-hybridized carbons (Fsp3) is 0.714. The molecule has 1 unspecified atom stereocenters. The quantitative estimate of drug-likeness (QED) is 0.121. The Morgan fingerprint density at radius 2 is 1.55 bits per heavy atom. The van der Waals surface area contributed by atoms with E-state index in [-0.39, 0.29) is 24.3 Å². The zero-order valence-corrected chi connectivity index (χ0v) is 18.4. The third-order valence-corrected chi connectivity index (χ3v) is 4.86. The molecule has 0 aliphatic rings. The van der Waals surface area contributed by atoms with Gasteiger partial charge in [0.2, 0.25) is 17.2 Å². The SMILES string of the molecule is CCCC(=O)NC(Cc1c(O)c(=O)c1=O)C(=O)NCCCNCCCCNCCCN. The summed E-state index contributed by atoms with van der Waals surface area (Å²) in [7, 11) is 0. The molecule has 1 rings (SSSR count). The van der Waals surface area contributed by atoms with Crippen LogP contribution in [-0.4, -0.2) is 62.2 Å². The molecule has 1 atom stereocenters. The molecule has 2 amide bonds. The monoisotopic (exact) mass is 439 g/mol. The number of hydrogen-bond acceptors (Lipinski definition) is 8. The number of nitrogens with two attached hydrogens (primary N) is 1. The van der Waals surface area contributed by atoms with Crippen LogP contribution in [0.3, 0.4) is 0 Å². The molecule has 0 aromatic heterocycles. The van der Waals surface area contributed by atoms with E-state index in [9.17, 15) is 24.3 Å². The number of unbranched alkanes of at least 4 members (excludes halogenated alkanes) is 1. The Hall–Kier alpha value is -2.30. The molecule has 1 aromatic rings. The van der Waals surface area contributed by atoms with E-state index in [1.165, 1.54) is 0 Å². The second-order valence-electron chi connectivity index (χ2n) is 7.55. The molecule has 7 N–H and O–H groups in total. The topological polar surface area (TPSA) is 163 Å². The van der Waals surface area contributed by atoms with Crippen LogP contribution in [0.1, 0.15) is 51.0 Å². The molecule has 0 aliphatic carbocycles. The van der Waals surface area contributed by atoms with E-state index in [4.69, 9.17) is 5.73 Å². The highest BCUT2D eigenvalue weighted by atomic mass is 16.3. The molecule has 0 heterocycles. The molecule has 0 radical (unpaired) electrons. The number of nitrogens with one attached hydrogen (secondary N) is 4. The number of carbonyl (C=O) groups excluding carboxylic acids is 2. The lowest BCUT2D eigenvalue weighted by Gasteiger charge is -2.19. The van der Waals surface area contributed by atoms with Crippen molar-refractivity contribution in [3.05, 3.63) is 26.0 Å². The summed E-state index contributed by atoms with van der Waals surface area (Å²) >= 11 is 0. The van der Waals surface area contributed by atoms with Crippen LogP contribution in [0.25, 0.3) is 0 Å². The van der Waals surface area contributed by atoms with Crippen molar-refractivity contribution in [2.75, 3.05) is 39.3 Å². The first-order valence-electron chi connectivity index (χ1n) is 11.1. The van der Waals surface area contributed by atoms with E-state index in [0.717, 1.165) is 45.4 Å². The highest BCUT2D eigenvalue weighted by Crippen LogP contribution is 2.11. The van der Waals surface area contributed by atoms with Crippen LogP contribution in [0.5, 0.6) is 5.75 Å². The van der Waals surface area contributed by atoms with Crippen molar-refractivity contribution in [2.24, 2.45) is 5.73 Å². The van der Waals surface area contributed by atoms with E-state index in [1.54, 1.807) is 0 Å². The van der Waals surface area contributed by atoms with Crippen LogP contribution in [-0.2, 0) is 16.0 Å². The van der Waals surface area contributed by atoms with E-state index in [0.29, 0.717) is 25.9 Å². The smallest absolute Gasteiger partial charge is 0.267 e. The first kappa shape index (κ1) is 26.7. The standard InChI is InChI=1S/C21H37N5O5/c1-2-7-17(27)26-16(14-15-18(28)20(30)19(15)29)21(31)25-13-6-12-24-10-4-3-9-23-11-5-8-22/h16,23-24,28H,2-14,22H2,1H3,(H,25,31)(H,26,27). The molecule has 0 aliphatic heterocycles. The van der Waals surface area contributed by atoms with Crippen molar-refractivity contribution in [3.63, 3.8) is 0 Å². The van der Waals surface area contributed by atoms with E-state index < -0.39 is 28.6 Å². The summed E-state index contributed by atoms with van der Waals surface area (Å²) < 4.78 is 0. The minimum Gasteiger partial charge on any atom is -0.504 e. The third-order valence-electron chi connectivity index (χ3n) is 4.86. The van der Waals surface area contributed by atoms with Gasteiger partial charge in [-0.1, -0.05) is 6.92 Å². The first-order valence-corrected chi connectivity index (χ1v) is 11.1. The molecular formula is C21H37N5O5. The highest BCUT2D eigenvalue weighted by molar-refractivity contribution is 5.88. The van der Waals surface area contributed by atoms with Crippen LogP contribution < -0.4 is 37.9 Å². The van der Waals surface area contributed by atoms with Gasteiger partial charge in [-0.2, -0.15) is 0 Å².